The van der Waals surface area contributed by atoms with E-state index in [1.165, 1.54) is 30.5 Å². The molecule has 0 saturated carbocycles. The van der Waals surface area contributed by atoms with Gasteiger partial charge in [-0.15, -0.1) is 0 Å². The number of hydrogen-bond acceptors (Lipinski definition) is 9. The van der Waals surface area contributed by atoms with Gasteiger partial charge in [0.25, 0.3) is 11.8 Å². The van der Waals surface area contributed by atoms with Crippen molar-refractivity contribution in [3.63, 3.8) is 0 Å². The smallest absolute Gasteiger partial charge is 0.259 e. The molecule has 0 atom stereocenters. The lowest BCUT2D eigenvalue weighted by Gasteiger charge is -2.15. The molecular weight excluding hydrogens is 713 g/mol. The summed E-state index contributed by atoms with van der Waals surface area (Å²) in [6.07, 6.45) is 3.83. The van der Waals surface area contributed by atoms with Crippen LogP contribution in [0.2, 0.25) is 0 Å². The molecule has 12 heteroatoms. The summed E-state index contributed by atoms with van der Waals surface area (Å²) >= 11 is 0. The molecule has 0 unspecified atom stereocenters. The SMILES string of the molecule is C/C(=C\c1ccc(O)cc1)C(=O)Cc1ccc(C(=O)CCCC(=O)Nc2ccc(C(=O)Nc3ccc(C(=O)Nc4ccc(C)c(O)c4C)c(O)c3C)cc2)nc1. The molecule has 5 rings (SSSR count). The number of hydrogen-bond donors (Lipinski definition) is 6. The van der Waals surface area contributed by atoms with E-state index in [9.17, 15) is 39.3 Å². The topological polar surface area (TPSA) is 195 Å². The van der Waals surface area contributed by atoms with Crippen molar-refractivity contribution in [2.24, 2.45) is 0 Å². The molecule has 0 aliphatic heterocycles. The van der Waals surface area contributed by atoms with Gasteiger partial charge in [0, 0.05) is 59.2 Å². The molecule has 3 amide bonds. The van der Waals surface area contributed by atoms with Crippen LogP contribution in [0.1, 0.15) is 85.2 Å². The van der Waals surface area contributed by atoms with E-state index in [1.807, 2.05) is 0 Å². The van der Waals surface area contributed by atoms with E-state index in [4.69, 9.17) is 0 Å². The minimum Gasteiger partial charge on any atom is -0.508 e. The van der Waals surface area contributed by atoms with Gasteiger partial charge in [0.2, 0.25) is 5.91 Å². The van der Waals surface area contributed by atoms with Gasteiger partial charge < -0.3 is 31.3 Å². The van der Waals surface area contributed by atoms with Gasteiger partial charge >= 0.3 is 0 Å². The number of carbonyl (C=O) groups is 5. The standard InChI is InChI=1S/C44H42N4O8/c1-25-8-19-35(27(3)41(25)53)48-44(56)34-18-21-36(28(4)42(34)54)47-43(55)31-12-14-32(15-13-31)46-40(52)7-5-6-38(50)37-20-11-30(24-45-37)23-39(51)26(2)22-29-9-16-33(49)17-10-29/h8-22,24,49,53-54H,5-7,23H2,1-4H3,(H,46,52)(H,47,55)(H,48,56)/b26-22+. The molecular formula is C44H42N4O8. The van der Waals surface area contributed by atoms with Crippen molar-refractivity contribution in [3.8, 4) is 17.2 Å². The molecule has 6 N–H and O–H groups in total. The predicted octanol–water partition coefficient (Wildman–Crippen LogP) is 7.84. The first-order valence-electron chi connectivity index (χ1n) is 17.8. The van der Waals surface area contributed by atoms with E-state index >= 15 is 0 Å². The van der Waals surface area contributed by atoms with Crippen LogP contribution in [0.3, 0.4) is 0 Å². The Labute approximate surface area is 324 Å². The van der Waals surface area contributed by atoms with E-state index in [1.54, 1.807) is 94.4 Å². The fourth-order valence-corrected chi connectivity index (χ4v) is 5.76. The van der Waals surface area contributed by atoms with Crippen molar-refractivity contribution in [2.45, 2.75) is 53.4 Å². The minimum atomic E-state index is -0.583. The van der Waals surface area contributed by atoms with Gasteiger partial charge in [0.05, 0.1) is 5.56 Å². The van der Waals surface area contributed by atoms with Gasteiger partial charge in [0.15, 0.2) is 11.6 Å². The number of benzene rings is 4. The first kappa shape index (κ1) is 40.1. The van der Waals surface area contributed by atoms with E-state index in [-0.39, 0.29) is 82.8 Å². The van der Waals surface area contributed by atoms with Crippen LogP contribution >= 0.6 is 0 Å². The number of ketones is 2. The average Bonchev–Trinajstić information content (AvgIpc) is 3.18. The molecule has 56 heavy (non-hydrogen) atoms. The van der Waals surface area contributed by atoms with E-state index in [0.717, 1.165) is 5.56 Å². The number of Topliss-reactive ketones (excluding diaryl/α,β-unsaturated/α-hetero) is 2. The van der Waals surface area contributed by atoms with Gasteiger partial charge in [-0.2, -0.15) is 0 Å². The van der Waals surface area contributed by atoms with Crippen LogP contribution < -0.4 is 16.0 Å². The van der Waals surface area contributed by atoms with E-state index in [2.05, 4.69) is 20.9 Å². The number of aromatic hydroxyl groups is 3. The number of pyridine rings is 1. The molecule has 1 aromatic heterocycles. The van der Waals surface area contributed by atoms with Gasteiger partial charge in [0.1, 0.15) is 22.9 Å². The zero-order valence-electron chi connectivity index (χ0n) is 31.4. The number of amides is 3. The molecule has 0 radical (unpaired) electrons. The van der Waals surface area contributed by atoms with Crippen molar-refractivity contribution in [1.82, 2.24) is 4.98 Å². The maximum absolute atomic E-state index is 13.0. The Morgan fingerprint density at radius 3 is 1.98 bits per heavy atom. The summed E-state index contributed by atoms with van der Waals surface area (Å²) < 4.78 is 0. The maximum Gasteiger partial charge on any atom is 0.259 e. The second-order valence-corrected chi connectivity index (χ2v) is 13.4. The molecule has 1 heterocycles. The Balaban J connectivity index is 1.07. The van der Waals surface area contributed by atoms with Crippen LogP contribution in [0.5, 0.6) is 17.2 Å². The zero-order valence-corrected chi connectivity index (χ0v) is 31.4. The van der Waals surface area contributed by atoms with Gasteiger partial charge in [-0.25, -0.2) is 0 Å². The van der Waals surface area contributed by atoms with Crippen molar-refractivity contribution in [2.75, 3.05) is 16.0 Å². The van der Waals surface area contributed by atoms with Crippen LogP contribution in [-0.2, 0) is 16.0 Å². The first-order valence-corrected chi connectivity index (χ1v) is 17.8. The van der Waals surface area contributed by atoms with Gasteiger partial charge in [-0.05, 0) is 123 Å². The van der Waals surface area contributed by atoms with E-state index in [0.29, 0.717) is 39.3 Å². The van der Waals surface area contributed by atoms with Crippen LogP contribution in [0.15, 0.2) is 96.7 Å². The summed E-state index contributed by atoms with van der Waals surface area (Å²) in [7, 11) is 0. The van der Waals surface area contributed by atoms with Crippen molar-refractivity contribution >= 4 is 52.4 Å². The number of aromatic nitrogens is 1. The molecule has 0 bridgehead atoms. The van der Waals surface area contributed by atoms with Crippen LogP contribution in [0.4, 0.5) is 17.1 Å². The number of nitrogens with zero attached hydrogens (tertiary/aromatic N) is 1. The monoisotopic (exact) mass is 754 g/mol. The van der Waals surface area contributed by atoms with Gasteiger partial charge in [-0.1, -0.05) is 24.3 Å². The lowest BCUT2D eigenvalue weighted by Crippen LogP contribution is -2.16. The summed E-state index contributed by atoms with van der Waals surface area (Å²) in [5.74, 6) is -1.78. The third kappa shape index (κ3) is 10.1. The molecule has 0 aliphatic rings. The Bertz CT molecular complexity index is 2330. The Hall–Kier alpha value is -7.08. The quantitative estimate of drug-likeness (QED) is 0.0484. The third-order valence-electron chi connectivity index (χ3n) is 9.23. The molecule has 0 aliphatic carbocycles. The number of phenolic OH excluding ortho intramolecular Hbond substituents is 3. The summed E-state index contributed by atoms with van der Waals surface area (Å²) in [6.45, 7) is 6.70. The fourth-order valence-electron chi connectivity index (χ4n) is 5.76. The number of rotatable bonds is 14. The molecule has 0 fully saturated rings. The number of carbonyl (C=O) groups excluding carboxylic acids is 5. The number of phenols is 3. The molecule has 286 valence electrons. The third-order valence-corrected chi connectivity index (χ3v) is 9.23. The van der Waals surface area contributed by atoms with Crippen LogP contribution in [0, 0.1) is 20.8 Å². The van der Waals surface area contributed by atoms with Crippen molar-refractivity contribution in [1.29, 1.82) is 0 Å². The first-order chi connectivity index (χ1) is 26.7. The maximum atomic E-state index is 13.0. The second kappa shape index (κ2) is 17.8. The molecule has 12 nitrogen and oxygen atoms in total. The molecule has 0 saturated heterocycles. The number of nitrogens with one attached hydrogen (secondary N) is 3. The summed E-state index contributed by atoms with van der Waals surface area (Å²) in [5, 5.41) is 38.6. The fraction of sp³-hybridized carbons (Fsp3) is 0.182. The Kier molecular flexibility index (Phi) is 12.8. The second-order valence-electron chi connectivity index (χ2n) is 13.4. The highest BCUT2D eigenvalue weighted by Gasteiger charge is 2.19. The van der Waals surface area contributed by atoms with E-state index < -0.39 is 11.8 Å². The lowest BCUT2D eigenvalue weighted by molar-refractivity contribution is -0.116. The molecule has 5 aromatic rings. The van der Waals surface area contributed by atoms with Crippen LogP contribution in [0.25, 0.3) is 6.08 Å². The minimum absolute atomic E-state index is 0.00675. The lowest BCUT2D eigenvalue weighted by atomic mass is 10.0. The number of aryl methyl sites for hydroxylation is 1. The molecule has 4 aromatic carbocycles. The average molecular weight is 755 g/mol. The Morgan fingerprint density at radius 2 is 1.32 bits per heavy atom. The predicted molar refractivity (Wildman–Crippen MR) is 214 cm³/mol. The zero-order chi connectivity index (χ0) is 40.5. The highest BCUT2D eigenvalue weighted by Crippen LogP contribution is 2.32. The number of anilines is 3. The van der Waals surface area contributed by atoms with Crippen molar-refractivity contribution in [3.05, 3.63) is 141 Å². The summed E-state index contributed by atoms with van der Waals surface area (Å²) in [4.78, 5) is 68.1. The van der Waals surface area contributed by atoms with Crippen molar-refractivity contribution < 1.29 is 39.3 Å². The van der Waals surface area contributed by atoms with Crippen LogP contribution in [-0.4, -0.2) is 49.6 Å². The highest BCUT2D eigenvalue weighted by atomic mass is 16.3. The normalized spacial score (nSPS) is 11.1. The Morgan fingerprint density at radius 1 is 0.679 bits per heavy atom. The molecule has 0 spiro atoms. The number of allylic oxidation sites excluding steroid dienone is 1. The largest absolute Gasteiger partial charge is 0.508 e. The summed E-state index contributed by atoms with van der Waals surface area (Å²) in [6, 6.07) is 22.2. The van der Waals surface area contributed by atoms with Gasteiger partial charge in [-0.3, -0.25) is 29.0 Å². The highest BCUT2D eigenvalue weighted by molar-refractivity contribution is 6.09. The summed E-state index contributed by atoms with van der Waals surface area (Å²) in [5.41, 5.74) is 5.12.